The number of β-amino-alcohol motifs (C(OH)–C–C–N with tert-alkyl or cyclic N) is 1. The van der Waals surface area contributed by atoms with Gasteiger partial charge in [-0.3, -0.25) is 9.80 Å². The molecule has 1 N–H and O–H groups in total. The van der Waals surface area contributed by atoms with Gasteiger partial charge in [-0.15, -0.1) is 0 Å². The number of hydrogen-bond donors (Lipinski definition) is 1. The van der Waals surface area contributed by atoms with Crippen LogP contribution in [0.4, 0.5) is 0 Å². The van der Waals surface area contributed by atoms with Gasteiger partial charge in [0.1, 0.15) is 0 Å². The lowest BCUT2D eigenvalue weighted by Crippen LogP contribution is -2.48. The molecule has 2 aliphatic heterocycles. The van der Waals surface area contributed by atoms with Crippen LogP contribution in [0.3, 0.4) is 0 Å². The van der Waals surface area contributed by atoms with Crippen LogP contribution in [0.2, 0.25) is 0 Å². The van der Waals surface area contributed by atoms with E-state index >= 15 is 0 Å². The molecule has 0 radical (unpaired) electrons. The molecular weight excluding hydrogens is 306 g/mol. The molecule has 4 rings (SSSR count). The summed E-state index contributed by atoms with van der Waals surface area (Å²) in [5.74, 6) is 1.52. The Labute approximate surface area is 143 Å². The van der Waals surface area contributed by atoms with Gasteiger partial charge in [-0.25, -0.2) is 0 Å². The lowest BCUT2D eigenvalue weighted by molar-refractivity contribution is -0.00619. The van der Waals surface area contributed by atoms with Crippen LogP contribution in [0.15, 0.2) is 10.6 Å². The molecule has 24 heavy (non-hydrogen) atoms. The van der Waals surface area contributed by atoms with Crippen molar-refractivity contribution < 1.29 is 14.4 Å². The van der Waals surface area contributed by atoms with Gasteiger partial charge < -0.3 is 14.4 Å². The van der Waals surface area contributed by atoms with Crippen LogP contribution in [0.25, 0.3) is 0 Å². The first kappa shape index (κ1) is 16.5. The summed E-state index contributed by atoms with van der Waals surface area (Å²) in [6.07, 6.45) is 6.18. The Hall–Kier alpha value is -0.950. The Balaban J connectivity index is 1.33. The van der Waals surface area contributed by atoms with Crippen LogP contribution in [0, 0.1) is 0 Å². The summed E-state index contributed by atoms with van der Waals surface area (Å²) in [6.45, 7) is 5.74. The molecule has 6 heteroatoms. The maximum atomic E-state index is 10.4. The summed E-state index contributed by atoms with van der Waals surface area (Å²) in [5, 5.41) is 14.7. The standard InChI is InChI=1S/C18H29N3O3/c22-18-13-20(12-17(18)21-6-8-23-9-7-21)11-15-10-16(19-24-15)14-4-2-1-3-5-14/h10,14,17-18,22H,1-9,11-13H2/t17-,18-/m0/s1. The first-order valence-corrected chi connectivity index (χ1v) is 9.47. The largest absolute Gasteiger partial charge is 0.390 e. The van der Waals surface area contributed by atoms with Crippen molar-refractivity contribution in [2.75, 3.05) is 39.4 Å². The van der Waals surface area contributed by atoms with Crippen LogP contribution in [-0.4, -0.2) is 71.6 Å². The lowest BCUT2D eigenvalue weighted by atomic mass is 9.87. The molecule has 134 valence electrons. The molecule has 0 amide bonds. The van der Waals surface area contributed by atoms with Gasteiger partial charge in [0, 0.05) is 44.2 Å². The van der Waals surface area contributed by atoms with E-state index in [0.29, 0.717) is 12.5 Å². The van der Waals surface area contributed by atoms with Gasteiger partial charge >= 0.3 is 0 Å². The topological polar surface area (TPSA) is 62.0 Å². The number of likely N-dealkylation sites (tertiary alicyclic amines) is 1. The van der Waals surface area contributed by atoms with E-state index < -0.39 is 0 Å². The van der Waals surface area contributed by atoms with Gasteiger partial charge in [-0.2, -0.15) is 0 Å². The van der Waals surface area contributed by atoms with E-state index in [1.807, 2.05) is 0 Å². The predicted molar refractivity (Wildman–Crippen MR) is 89.8 cm³/mol. The SMILES string of the molecule is O[C@H]1CN(Cc2cc(C3CCCCC3)no2)C[C@@H]1N1CCOCC1. The molecule has 1 aromatic heterocycles. The Kier molecular flexibility index (Phi) is 5.17. The Morgan fingerprint density at radius 1 is 1.12 bits per heavy atom. The average molecular weight is 335 g/mol. The molecule has 0 bridgehead atoms. The zero-order valence-corrected chi connectivity index (χ0v) is 14.4. The summed E-state index contributed by atoms with van der Waals surface area (Å²) < 4.78 is 11.0. The van der Waals surface area contributed by atoms with Gasteiger partial charge in [-0.1, -0.05) is 24.4 Å². The highest BCUT2D eigenvalue weighted by atomic mass is 16.5. The number of aliphatic hydroxyl groups excluding tert-OH is 1. The van der Waals surface area contributed by atoms with Crippen LogP contribution in [0.1, 0.15) is 49.5 Å². The molecule has 3 aliphatic rings. The second-order valence-corrected chi connectivity index (χ2v) is 7.53. The Bertz CT molecular complexity index is 523. The van der Waals surface area contributed by atoms with Gasteiger partial charge in [0.25, 0.3) is 0 Å². The number of nitrogens with zero attached hydrogens (tertiary/aromatic N) is 3. The first-order chi connectivity index (χ1) is 11.8. The maximum absolute atomic E-state index is 10.4. The monoisotopic (exact) mass is 335 g/mol. The van der Waals surface area contributed by atoms with Crippen molar-refractivity contribution in [3.8, 4) is 0 Å². The van der Waals surface area contributed by atoms with Crippen molar-refractivity contribution in [2.45, 2.75) is 56.7 Å². The molecule has 1 aromatic rings. The molecule has 3 heterocycles. The fourth-order valence-corrected chi connectivity index (χ4v) is 4.46. The van der Waals surface area contributed by atoms with E-state index in [1.54, 1.807) is 0 Å². The van der Waals surface area contributed by atoms with E-state index in [1.165, 1.54) is 32.1 Å². The summed E-state index contributed by atoms with van der Waals surface area (Å²) in [4.78, 5) is 4.65. The van der Waals surface area contributed by atoms with Crippen molar-refractivity contribution in [1.29, 1.82) is 0 Å². The smallest absolute Gasteiger partial charge is 0.150 e. The number of aromatic nitrogens is 1. The molecule has 6 nitrogen and oxygen atoms in total. The van der Waals surface area contributed by atoms with E-state index in [9.17, 15) is 5.11 Å². The number of aliphatic hydroxyl groups is 1. The van der Waals surface area contributed by atoms with Crippen molar-refractivity contribution >= 4 is 0 Å². The van der Waals surface area contributed by atoms with Crippen molar-refractivity contribution in [3.63, 3.8) is 0 Å². The third-order valence-corrected chi connectivity index (χ3v) is 5.83. The zero-order valence-electron chi connectivity index (χ0n) is 14.4. The zero-order chi connectivity index (χ0) is 16.4. The highest BCUT2D eigenvalue weighted by Crippen LogP contribution is 2.32. The fraction of sp³-hybridized carbons (Fsp3) is 0.833. The van der Waals surface area contributed by atoms with Crippen LogP contribution in [0.5, 0.6) is 0 Å². The number of ether oxygens (including phenoxy) is 1. The molecule has 1 saturated carbocycles. The molecule has 0 spiro atoms. The highest BCUT2D eigenvalue weighted by Gasteiger charge is 2.36. The average Bonchev–Trinajstić information content (AvgIpc) is 3.23. The van der Waals surface area contributed by atoms with Crippen LogP contribution >= 0.6 is 0 Å². The summed E-state index contributed by atoms with van der Waals surface area (Å²) in [5.41, 5.74) is 1.13. The third kappa shape index (κ3) is 3.67. The molecular formula is C18H29N3O3. The minimum atomic E-state index is -0.288. The van der Waals surface area contributed by atoms with E-state index in [4.69, 9.17) is 9.26 Å². The summed E-state index contributed by atoms with van der Waals surface area (Å²) in [6, 6.07) is 2.36. The van der Waals surface area contributed by atoms with E-state index in [-0.39, 0.29) is 12.1 Å². The lowest BCUT2D eigenvalue weighted by Gasteiger charge is -2.33. The number of morpholine rings is 1. The maximum Gasteiger partial charge on any atom is 0.150 e. The predicted octanol–water partition coefficient (Wildman–Crippen LogP) is 1.60. The van der Waals surface area contributed by atoms with Gasteiger partial charge in [0.15, 0.2) is 5.76 Å². The van der Waals surface area contributed by atoms with Gasteiger partial charge in [-0.05, 0) is 12.8 Å². The van der Waals surface area contributed by atoms with E-state index in [0.717, 1.165) is 50.8 Å². The quantitative estimate of drug-likeness (QED) is 0.902. The van der Waals surface area contributed by atoms with Gasteiger partial charge in [0.05, 0.1) is 31.6 Å². The molecule has 2 saturated heterocycles. The minimum Gasteiger partial charge on any atom is -0.390 e. The molecule has 1 aliphatic carbocycles. The Morgan fingerprint density at radius 3 is 2.71 bits per heavy atom. The van der Waals surface area contributed by atoms with Crippen molar-refractivity contribution in [1.82, 2.24) is 15.0 Å². The molecule has 3 fully saturated rings. The number of rotatable bonds is 4. The first-order valence-electron chi connectivity index (χ1n) is 9.47. The van der Waals surface area contributed by atoms with E-state index in [2.05, 4.69) is 21.0 Å². The summed E-state index contributed by atoms with van der Waals surface area (Å²) >= 11 is 0. The Morgan fingerprint density at radius 2 is 1.92 bits per heavy atom. The number of hydrogen-bond acceptors (Lipinski definition) is 6. The minimum absolute atomic E-state index is 0.217. The summed E-state index contributed by atoms with van der Waals surface area (Å²) in [7, 11) is 0. The highest BCUT2D eigenvalue weighted by molar-refractivity contribution is 5.11. The fourth-order valence-electron chi connectivity index (χ4n) is 4.46. The van der Waals surface area contributed by atoms with Crippen LogP contribution < -0.4 is 0 Å². The third-order valence-electron chi connectivity index (χ3n) is 5.83. The molecule has 0 aromatic carbocycles. The van der Waals surface area contributed by atoms with Gasteiger partial charge in [0.2, 0.25) is 0 Å². The molecule has 2 atom stereocenters. The second kappa shape index (κ2) is 7.52. The second-order valence-electron chi connectivity index (χ2n) is 7.53. The van der Waals surface area contributed by atoms with Crippen LogP contribution in [-0.2, 0) is 11.3 Å². The van der Waals surface area contributed by atoms with Crippen molar-refractivity contribution in [3.05, 3.63) is 17.5 Å². The van der Waals surface area contributed by atoms with Crippen molar-refractivity contribution in [2.24, 2.45) is 0 Å². The molecule has 0 unspecified atom stereocenters. The normalized spacial score (nSPS) is 30.9.